The molecule has 3 aromatic carbocycles. The Morgan fingerprint density at radius 2 is 1.33 bits per heavy atom. The molecule has 1 N–H and O–H groups in total. The summed E-state index contributed by atoms with van der Waals surface area (Å²) in [6, 6.07) is 23.3. The molecule has 0 unspecified atom stereocenters. The number of carbonyl (C=O) groups is 3. The van der Waals surface area contributed by atoms with Crippen LogP contribution in [-0.4, -0.2) is 17.7 Å². The molecule has 0 spiro atoms. The monoisotopic (exact) mass is 476 g/mol. The molecule has 3 amide bonds. The maximum atomic E-state index is 13.3. The van der Waals surface area contributed by atoms with E-state index in [9.17, 15) is 14.4 Å². The summed E-state index contributed by atoms with van der Waals surface area (Å²) in [5.41, 5.74) is 1.62. The largest absolute Gasteiger partial charge is 0.457 e. The molecule has 8 rings (SSSR count). The summed E-state index contributed by atoms with van der Waals surface area (Å²) in [5.74, 6) is 2.03. The first-order valence-corrected chi connectivity index (χ1v) is 12.4. The number of nitrogens with zero attached hydrogens (tertiary/aromatic N) is 1. The molecule has 6 heteroatoms. The minimum absolute atomic E-state index is 0.0929. The number of rotatable bonds is 5. The topological polar surface area (TPSA) is 75.7 Å². The van der Waals surface area contributed by atoms with E-state index in [1.54, 1.807) is 48.5 Å². The molecule has 4 aliphatic carbocycles. The fourth-order valence-electron chi connectivity index (χ4n) is 6.41. The van der Waals surface area contributed by atoms with Crippen molar-refractivity contribution in [3.63, 3.8) is 0 Å². The number of para-hydroxylation sites is 1. The van der Waals surface area contributed by atoms with Gasteiger partial charge in [0.05, 0.1) is 17.5 Å². The highest BCUT2D eigenvalue weighted by molar-refractivity contribution is 6.22. The third kappa shape index (κ3) is 3.28. The van der Waals surface area contributed by atoms with E-state index in [1.165, 1.54) is 4.90 Å². The summed E-state index contributed by atoms with van der Waals surface area (Å²) >= 11 is 0. The minimum Gasteiger partial charge on any atom is -0.457 e. The SMILES string of the molecule is O=C(Nc1ccc(Oc2ccccc2)cc1)c1ccc(N2C(=O)[C@@H]3[C@H]4C=C[C@@H]([C@@H]5C[C@@H]45)[C@H]3C2=O)cc1. The van der Waals surface area contributed by atoms with Gasteiger partial charge in [-0.2, -0.15) is 0 Å². The number of hydrogen-bond donors (Lipinski definition) is 1. The predicted octanol–water partition coefficient (Wildman–Crippen LogP) is 5.29. The van der Waals surface area contributed by atoms with Crippen LogP contribution in [0.3, 0.4) is 0 Å². The number of amides is 3. The van der Waals surface area contributed by atoms with Crippen molar-refractivity contribution in [3.8, 4) is 11.5 Å². The summed E-state index contributed by atoms with van der Waals surface area (Å²) in [7, 11) is 0. The fourth-order valence-corrected chi connectivity index (χ4v) is 6.41. The number of nitrogens with one attached hydrogen (secondary N) is 1. The molecule has 0 aromatic heterocycles. The maximum absolute atomic E-state index is 13.3. The Balaban J connectivity index is 1.03. The van der Waals surface area contributed by atoms with E-state index in [1.807, 2.05) is 30.3 Å². The lowest BCUT2D eigenvalue weighted by Crippen LogP contribution is -2.40. The van der Waals surface area contributed by atoms with Crippen molar-refractivity contribution >= 4 is 29.1 Å². The van der Waals surface area contributed by atoms with E-state index in [2.05, 4.69) is 17.5 Å². The van der Waals surface area contributed by atoms with E-state index < -0.39 is 0 Å². The van der Waals surface area contributed by atoms with Crippen molar-refractivity contribution in [2.24, 2.45) is 35.5 Å². The van der Waals surface area contributed by atoms with Gasteiger partial charge >= 0.3 is 0 Å². The van der Waals surface area contributed by atoms with Crippen molar-refractivity contribution < 1.29 is 19.1 Å². The van der Waals surface area contributed by atoms with Gasteiger partial charge in [0.15, 0.2) is 0 Å². The fraction of sp³-hybridized carbons (Fsp3) is 0.233. The molecule has 0 radical (unpaired) electrons. The van der Waals surface area contributed by atoms with Crippen molar-refractivity contribution in [3.05, 3.63) is 96.6 Å². The molecule has 178 valence electrons. The molecule has 36 heavy (non-hydrogen) atoms. The Morgan fingerprint density at radius 3 is 1.94 bits per heavy atom. The van der Waals surface area contributed by atoms with Gasteiger partial charge in [-0.15, -0.1) is 0 Å². The van der Waals surface area contributed by atoms with Crippen molar-refractivity contribution in [1.82, 2.24) is 0 Å². The van der Waals surface area contributed by atoms with Crippen LogP contribution in [0.5, 0.6) is 11.5 Å². The van der Waals surface area contributed by atoms with Gasteiger partial charge < -0.3 is 10.1 Å². The molecule has 2 bridgehead atoms. The van der Waals surface area contributed by atoms with Gasteiger partial charge in [-0.25, -0.2) is 0 Å². The number of ether oxygens (including phenoxy) is 1. The van der Waals surface area contributed by atoms with Crippen LogP contribution in [0.4, 0.5) is 11.4 Å². The summed E-state index contributed by atoms with van der Waals surface area (Å²) in [6.45, 7) is 0. The van der Waals surface area contributed by atoms with Crippen LogP contribution in [0.1, 0.15) is 16.8 Å². The van der Waals surface area contributed by atoms with E-state index in [0.717, 1.165) is 12.2 Å². The normalized spacial score (nSPS) is 29.1. The van der Waals surface area contributed by atoms with Crippen LogP contribution < -0.4 is 15.0 Å². The second-order valence-electron chi connectivity index (χ2n) is 10.1. The number of anilines is 2. The first kappa shape index (κ1) is 21.1. The number of allylic oxidation sites excluding steroid dienone is 2. The van der Waals surface area contributed by atoms with E-state index in [-0.39, 0.29) is 41.4 Å². The highest BCUT2D eigenvalue weighted by atomic mass is 16.5. The maximum Gasteiger partial charge on any atom is 0.255 e. The van der Waals surface area contributed by atoms with Crippen LogP contribution in [0, 0.1) is 35.5 Å². The molecular weight excluding hydrogens is 452 g/mol. The lowest BCUT2D eigenvalue weighted by atomic mass is 9.63. The number of imide groups is 1. The lowest BCUT2D eigenvalue weighted by molar-refractivity contribution is -0.124. The standard InChI is InChI=1S/C30H24N2O4/c33-28(31-18-8-12-21(13-9-18)36-20-4-2-1-3-5-20)17-6-10-19(11-7-17)32-29(34)26-22-14-15-23(25-16-24(22)25)27(26)30(32)35/h1-15,22-27H,16H2,(H,31,33)/t22-,23-,24-,25-,26+,27+/m0/s1. The van der Waals surface area contributed by atoms with Crippen molar-refractivity contribution in [2.45, 2.75) is 6.42 Å². The first-order chi connectivity index (χ1) is 17.6. The third-order valence-electron chi connectivity index (χ3n) is 8.14. The Labute approximate surface area is 208 Å². The van der Waals surface area contributed by atoms with Crippen molar-refractivity contribution in [1.29, 1.82) is 0 Å². The highest BCUT2D eigenvalue weighted by Gasteiger charge is 2.67. The summed E-state index contributed by atoms with van der Waals surface area (Å²) in [6.07, 6.45) is 5.48. The quantitative estimate of drug-likeness (QED) is 0.401. The van der Waals surface area contributed by atoms with Gasteiger partial charge in [0.25, 0.3) is 5.91 Å². The smallest absolute Gasteiger partial charge is 0.255 e. The molecular formula is C30H24N2O4. The molecule has 3 aromatic rings. The summed E-state index contributed by atoms with van der Waals surface area (Å²) < 4.78 is 5.79. The first-order valence-electron chi connectivity index (χ1n) is 12.4. The van der Waals surface area contributed by atoms with Crippen LogP contribution >= 0.6 is 0 Å². The lowest BCUT2D eigenvalue weighted by Gasteiger charge is -2.37. The molecule has 1 saturated heterocycles. The highest BCUT2D eigenvalue weighted by Crippen LogP contribution is 2.65. The van der Waals surface area contributed by atoms with Crippen LogP contribution in [0.25, 0.3) is 0 Å². The van der Waals surface area contributed by atoms with Crippen LogP contribution in [-0.2, 0) is 9.59 Å². The van der Waals surface area contributed by atoms with Gasteiger partial charge in [-0.3, -0.25) is 19.3 Å². The zero-order valence-corrected chi connectivity index (χ0v) is 19.4. The van der Waals surface area contributed by atoms with Crippen LogP contribution in [0.2, 0.25) is 0 Å². The number of hydrogen-bond acceptors (Lipinski definition) is 4. The second-order valence-corrected chi connectivity index (χ2v) is 10.1. The number of benzene rings is 3. The summed E-state index contributed by atoms with van der Waals surface area (Å²) in [4.78, 5) is 40.7. The Kier molecular flexibility index (Phi) is 4.64. The molecule has 1 heterocycles. The van der Waals surface area contributed by atoms with E-state index in [4.69, 9.17) is 4.74 Å². The molecule has 1 aliphatic heterocycles. The van der Waals surface area contributed by atoms with E-state index in [0.29, 0.717) is 34.5 Å². The predicted molar refractivity (Wildman–Crippen MR) is 135 cm³/mol. The molecule has 2 saturated carbocycles. The number of carbonyl (C=O) groups excluding carboxylic acids is 3. The molecule has 3 fully saturated rings. The average molecular weight is 477 g/mol. The molecule has 5 aliphatic rings. The second kappa shape index (κ2) is 7.92. The minimum atomic E-state index is -0.270. The van der Waals surface area contributed by atoms with Gasteiger partial charge in [-0.1, -0.05) is 30.4 Å². The van der Waals surface area contributed by atoms with Crippen molar-refractivity contribution in [2.75, 3.05) is 10.2 Å². The third-order valence-corrected chi connectivity index (χ3v) is 8.14. The molecule has 6 atom stereocenters. The van der Waals surface area contributed by atoms with E-state index >= 15 is 0 Å². The Morgan fingerprint density at radius 1 is 0.750 bits per heavy atom. The van der Waals surface area contributed by atoms with Gasteiger partial charge in [-0.05, 0) is 90.8 Å². The van der Waals surface area contributed by atoms with Gasteiger partial charge in [0.1, 0.15) is 11.5 Å². The average Bonchev–Trinajstić information content (AvgIpc) is 3.69. The molecule has 6 nitrogen and oxygen atoms in total. The zero-order chi connectivity index (χ0) is 24.4. The summed E-state index contributed by atoms with van der Waals surface area (Å²) in [5, 5.41) is 2.88. The van der Waals surface area contributed by atoms with Crippen LogP contribution in [0.15, 0.2) is 91.0 Å². The Bertz CT molecular complexity index is 1360. The zero-order valence-electron chi connectivity index (χ0n) is 19.4. The van der Waals surface area contributed by atoms with Gasteiger partial charge in [0, 0.05) is 11.3 Å². The Hall–Kier alpha value is -4.19. The van der Waals surface area contributed by atoms with Gasteiger partial charge in [0.2, 0.25) is 11.8 Å².